The smallest absolute Gasteiger partial charge is 0.127 e. The van der Waals surface area contributed by atoms with Crippen molar-refractivity contribution in [2.24, 2.45) is 7.05 Å². The van der Waals surface area contributed by atoms with Crippen LogP contribution in [0, 0.1) is 0 Å². The second-order valence-electron chi connectivity index (χ2n) is 7.27. The molecule has 0 bridgehead atoms. The number of aromatic nitrogens is 3. The maximum Gasteiger partial charge on any atom is 0.127 e. The number of aryl methyl sites for hydroxylation is 1. The Balaban J connectivity index is 1.51. The third-order valence-corrected chi connectivity index (χ3v) is 5.01. The normalized spacial score (nSPS) is 11.0. The second-order valence-corrected chi connectivity index (χ2v) is 7.27. The highest BCUT2D eigenvalue weighted by Crippen LogP contribution is 2.27. The molecule has 4 aromatic rings. The highest BCUT2D eigenvalue weighted by Gasteiger charge is 2.14. The fourth-order valence-corrected chi connectivity index (χ4v) is 3.47. The quantitative estimate of drug-likeness (QED) is 0.404. The topological polar surface area (TPSA) is 43.2 Å². The minimum atomic E-state index is 0.815. The standard InChI is InChI=1S/C25H26N4O/c1-3-29(17-20-13-15-26-16-14-20)19-22-18-28(2)27-25(22)21-9-11-24(12-10-21)30-23-7-5-4-6-8-23/h4-16,18H,3,17,19H2,1-2H3. The summed E-state index contributed by atoms with van der Waals surface area (Å²) in [6.45, 7) is 4.87. The van der Waals surface area contributed by atoms with Crippen LogP contribution in [0.25, 0.3) is 11.3 Å². The molecule has 0 aliphatic heterocycles. The Bertz CT molecular complexity index is 1060. The molecule has 0 unspecified atom stereocenters. The SMILES string of the molecule is CCN(Cc1ccncc1)Cc1cn(C)nc1-c1ccc(Oc2ccccc2)cc1. The average molecular weight is 399 g/mol. The van der Waals surface area contributed by atoms with E-state index in [0.29, 0.717) is 0 Å². The van der Waals surface area contributed by atoms with Gasteiger partial charge in [0.15, 0.2) is 0 Å². The van der Waals surface area contributed by atoms with Gasteiger partial charge < -0.3 is 4.74 Å². The van der Waals surface area contributed by atoms with Crippen molar-refractivity contribution in [2.45, 2.75) is 20.0 Å². The van der Waals surface area contributed by atoms with Crippen molar-refractivity contribution in [3.05, 3.63) is 96.4 Å². The van der Waals surface area contributed by atoms with Crippen LogP contribution in [-0.4, -0.2) is 26.2 Å². The number of rotatable bonds is 8. The van der Waals surface area contributed by atoms with E-state index in [2.05, 4.69) is 47.3 Å². The fourth-order valence-electron chi connectivity index (χ4n) is 3.47. The van der Waals surface area contributed by atoms with Gasteiger partial charge in [-0.1, -0.05) is 25.1 Å². The monoisotopic (exact) mass is 398 g/mol. The molecule has 0 saturated heterocycles. The Hall–Kier alpha value is -3.44. The Morgan fingerprint density at radius 3 is 2.27 bits per heavy atom. The molecule has 0 saturated carbocycles. The summed E-state index contributed by atoms with van der Waals surface area (Å²) in [6, 6.07) is 22.1. The first kappa shape index (κ1) is 19.9. The van der Waals surface area contributed by atoms with Gasteiger partial charge in [-0.2, -0.15) is 5.10 Å². The van der Waals surface area contributed by atoms with E-state index in [1.54, 1.807) is 0 Å². The van der Waals surface area contributed by atoms with E-state index in [1.165, 1.54) is 11.1 Å². The summed E-state index contributed by atoms with van der Waals surface area (Å²) in [5.74, 6) is 1.65. The third-order valence-electron chi connectivity index (χ3n) is 5.01. The lowest BCUT2D eigenvalue weighted by Crippen LogP contribution is -2.22. The largest absolute Gasteiger partial charge is 0.457 e. The van der Waals surface area contributed by atoms with E-state index in [0.717, 1.165) is 42.4 Å². The van der Waals surface area contributed by atoms with E-state index in [1.807, 2.05) is 66.6 Å². The summed E-state index contributed by atoms with van der Waals surface area (Å²) in [5, 5.41) is 4.73. The zero-order valence-electron chi connectivity index (χ0n) is 17.4. The molecule has 152 valence electrons. The number of ether oxygens (including phenoxy) is 1. The highest BCUT2D eigenvalue weighted by molar-refractivity contribution is 5.63. The van der Waals surface area contributed by atoms with Crippen molar-refractivity contribution in [1.82, 2.24) is 19.7 Å². The number of pyridine rings is 1. The molecular weight excluding hydrogens is 372 g/mol. The molecule has 0 atom stereocenters. The lowest BCUT2D eigenvalue weighted by atomic mass is 10.1. The van der Waals surface area contributed by atoms with E-state index in [4.69, 9.17) is 9.84 Å². The first-order valence-corrected chi connectivity index (χ1v) is 10.2. The van der Waals surface area contributed by atoms with Crippen LogP contribution in [0.15, 0.2) is 85.3 Å². The molecule has 0 spiro atoms. The Kier molecular flexibility index (Phi) is 6.20. The molecule has 2 aromatic heterocycles. The number of hydrogen-bond donors (Lipinski definition) is 0. The molecule has 5 nitrogen and oxygen atoms in total. The van der Waals surface area contributed by atoms with Crippen molar-refractivity contribution in [3.63, 3.8) is 0 Å². The molecule has 0 aliphatic rings. The van der Waals surface area contributed by atoms with Crippen LogP contribution in [0.3, 0.4) is 0 Å². The van der Waals surface area contributed by atoms with Gasteiger partial charge in [-0.3, -0.25) is 14.6 Å². The Morgan fingerprint density at radius 2 is 1.57 bits per heavy atom. The van der Waals surface area contributed by atoms with E-state index in [-0.39, 0.29) is 0 Å². The van der Waals surface area contributed by atoms with Crippen LogP contribution in [0.2, 0.25) is 0 Å². The maximum absolute atomic E-state index is 5.91. The molecule has 0 aliphatic carbocycles. The second kappa shape index (κ2) is 9.37. The highest BCUT2D eigenvalue weighted by atomic mass is 16.5. The van der Waals surface area contributed by atoms with Crippen molar-refractivity contribution >= 4 is 0 Å². The number of hydrogen-bond acceptors (Lipinski definition) is 4. The minimum Gasteiger partial charge on any atom is -0.457 e. The van der Waals surface area contributed by atoms with Gasteiger partial charge in [0.2, 0.25) is 0 Å². The van der Waals surface area contributed by atoms with E-state index in [9.17, 15) is 0 Å². The molecular formula is C25H26N4O. The Labute approximate surface area is 177 Å². The first-order chi connectivity index (χ1) is 14.7. The van der Waals surface area contributed by atoms with E-state index < -0.39 is 0 Å². The summed E-state index contributed by atoms with van der Waals surface area (Å²) >= 11 is 0. The van der Waals surface area contributed by atoms with Crippen LogP contribution >= 0.6 is 0 Å². The predicted molar refractivity (Wildman–Crippen MR) is 119 cm³/mol. The molecule has 2 aromatic carbocycles. The predicted octanol–water partition coefficient (Wildman–Crippen LogP) is 5.30. The lowest BCUT2D eigenvalue weighted by Gasteiger charge is -2.20. The van der Waals surface area contributed by atoms with Crippen molar-refractivity contribution in [2.75, 3.05) is 6.54 Å². The maximum atomic E-state index is 5.91. The summed E-state index contributed by atoms with van der Waals surface area (Å²) in [5.41, 5.74) is 4.58. The fraction of sp³-hybridized carbons (Fsp3) is 0.200. The van der Waals surface area contributed by atoms with Crippen LogP contribution in [0.4, 0.5) is 0 Å². The number of nitrogens with zero attached hydrogens (tertiary/aromatic N) is 4. The van der Waals surface area contributed by atoms with Crippen LogP contribution < -0.4 is 4.74 Å². The van der Waals surface area contributed by atoms with Gasteiger partial charge in [-0.05, 0) is 60.6 Å². The van der Waals surface area contributed by atoms with Gasteiger partial charge in [0.05, 0.1) is 5.69 Å². The molecule has 0 N–H and O–H groups in total. The molecule has 0 fully saturated rings. The molecule has 0 amide bonds. The van der Waals surface area contributed by atoms with Crippen LogP contribution in [0.1, 0.15) is 18.1 Å². The van der Waals surface area contributed by atoms with Gasteiger partial charge >= 0.3 is 0 Å². The van der Waals surface area contributed by atoms with Gasteiger partial charge in [0.1, 0.15) is 11.5 Å². The van der Waals surface area contributed by atoms with Crippen molar-refractivity contribution in [3.8, 4) is 22.8 Å². The Morgan fingerprint density at radius 1 is 0.867 bits per heavy atom. The molecule has 30 heavy (non-hydrogen) atoms. The van der Waals surface area contributed by atoms with Crippen molar-refractivity contribution < 1.29 is 4.74 Å². The first-order valence-electron chi connectivity index (χ1n) is 10.2. The average Bonchev–Trinajstić information content (AvgIpc) is 3.15. The van der Waals surface area contributed by atoms with Gasteiger partial charge in [0, 0.05) is 49.9 Å². The molecule has 0 radical (unpaired) electrons. The molecule has 2 heterocycles. The van der Waals surface area contributed by atoms with Crippen LogP contribution in [0.5, 0.6) is 11.5 Å². The molecule has 5 heteroatoms. The summed E-state index contributed by atoms with van der Waals surface area (Å²) in [7, 11) is 1.97. The van der Waals surface area contributed by atoms with Gasteiger partial charge in [0.25, 0.3) is 0 Å². The zero-order chi connectivity index (χ0) is 20.8. The number of benzene rings is 2. The number of para-hydroxylation sites is 1. The summed E-state index contributed by atoms with van der Waals surface area (Å²) in [4.78, 5) is 6.52. The van der Waals surface area contributed by atoms with Crippen LogP contribution in [-0.2, 0) is 20.1 Å². The third kappa shape index (κ3) is 4.93. The molecule has 4 rings (SSSR count). The lowest BCUT2D eigenvalue weighted by molar-refractivity contribution is 0.271. The zero-order valence-corrected chi connectivity index (χ0v) is 17.4. The summed E-state index contributed by atoms with van der Waals surface area (Å²) < 4.78 is 7.80. The van der Waals surface area contributed by atoms with Crippen molar-refractivity contribution in [1.29, 1.82) is 0 Å². The summed E-state index contributed by atoms with van der Waals surface area (Å²) in [6.07, 6.45) is 5.80. The minimum absolute atomic E-state index is 0.815. The van der Waals surface area contributed by atoms with E-state index >= 15 is 0 Å². The van der Waals surface area contributed by atoms with Gasteiger partial charge in [-0.15, -0.1) is 0 Å². The van der Waals surface area contributed by atoms with Gasteiger partial charge in [-0.25, -0.2) is 0 Å².